The number of anilines is 1. The number of rotatable bonds is 14. The third kappa shape index (κ3) is 8.39. The molecule has 18 heteroatoms. The first-order chi connectivity index (χ1) is 21.6. The van der Waals surface area contributed by atoms with Gasteiger partial charge in [0.1, 0.15) is 29.5 Å². The average Bonchev–Trinajstić information content (AvgIpc) is 3.39. The molecular formula is C28H38N5O11PS. The van der Waals surface area contributed by atoms with Gasteiger partial charge in [-0.05, 0) is 64.3 Å². The molecule has 0 aliphatic heterocycles. The van der Waals surface area contributed by atoms with Gasteiger partial charge in [-0.15, -0.1) is 0 Å². The van der Waals surface area contributed by atoms with Gasteiger partial charge in [0.05, 0.1) is 37.8 Å². The predicted molar refractivity (Wildman–Crippen MR) is 164 cm³/mol. The number of hydrogen-bond acceptors (Lipinski definition) is 14. The molecule has 1 aliphatic carbocycles. The number of nitrogen functional groups attached to an aromatic ring is 1. The molecule has 3 aromatic rings. The highest BCUT2D eigenvalue weighted by Crippen LogP contribution is 2.59. The van der Waals surface area contributed by atoms with E-state index in [4.69, 9.17) is 34.2 Å². The van der Waals surface area contributed by atoms with E-state index in [2.05, 4.69) is 15.0 Å². The number of nitrogens with two attached hydrogens (primary N) is 1. The molecule has 0 spiro atoms. The summed E-state index contributed by atoms with van der Waals surface area (Å²) in [5.41, 5.74) is 5.65. The Kier molecular flexibility index (Phi) is 10.7. The Balaban J connectivity index is 1.66. The first-order valence-corrected chi connectivity index (χ1v) is 16.7. The number of ether oxygens (including phenoxy) is 6. The smallest absolute Gasteiger partial charge is 0.497 e. The predicted octanol–water partition coefficient (Wildman–Crippen LogP) is 4.36. The second-order valence-corrected chi connectivity index (χ2v) is 14.3. The van der Waals surface area contributed by atoms with Crippen LogP contribution >= 0.6 is 19.4 Å². The normalized spacial score (nSPS) is 18.1. The number of methoxy groups -OCH3 is 1. The van der Waals surface area contributed by atoms with Crippen molar-refractivity contribution >= 4 is 48.8 Å². The van der Waals surface area contributed by atoms with E-state index in [0.29, 0.717) is 28.4 Å². The third-order valence-corrected chi connectivity index (χ3v) is 9.37. The molecule has 0 saturated heterocycles. The van der Waals surface area contributed by atoms with Crippen LogP contribution in [-0.4, -0.2) is 85.1 Å². The SMILES string of the molecule is COc1ccc(Sc2nc(N)nc3c2ncn3CC2(OC(COC(=O)OC(C)C)(COC(=O)OC(C)C)P(=O)(O)O)CC2C)cc1. The van der Waals surface area contributed by atoms with Crippen molar-refractivity contribution in [1.29, 1.82) is 0 Å². The van der Waals surface area contributed by atoms with Gasteiger partial charge in [0.2, 0.25) is 11.3 Å². The summed E-state index contributed by atoms with van der Waals surface area (Å²) in [6.07, 6.45) is -1.67. The van der Waals surface area contributed by atoms with Crippen molar-refractivity contribution in [3.63, 3.8) is 0 Å². The molecule has 4 rings (SSSR count). The molecule has 2 unspecified atom stereocenters. The van der Waals surface area contributed by atoms with Crippen LogP contribution in [-0.2, 0) is 34.8 Å². The molecule has 16 nitrogen and oxygen atoms in total. The lowest BCUT2D eigenvalue weighted by Crippen LogP contribution is -2.48. The lowest BCUT2D eigenvalue weighted by atomic mass is 10.2. The van der Waals surface area contributed by atoms with Crippen LogP contribution in [0.2, 0.25) is 0 Å². The van der Waals surface area contributed by atoms with Crippen molar-refractivity contribution in [2.75, 3.05) is 26.1 Å². The maximum absolute atomic E-state index is 13.1. The molecule has 1 fully saturated rings. The molecule has 2 atom stereocenters. The van der Waals surface area contributed by atoms with Gasteiger partial charge in [-0.2, -0.15) is 4.98 Å². The molecule has 0 bridgehead atoms. The number of hydrogen-bond donors (Lipinski definition) is 3. The molecule has 0 radical (unpaired) electrons. The van der Waals surface area contributed by atoms with Gasteiger partial charge in [0.15, 0.2) is 5.65 Å². The molecule has 252 valence electrons. The molecule has 1 saturated carbocycles. The van der Waals surface area contributed by atoms with Crippen LogP contribution in [0.3, 0.4) is 0 Å². The molecule has 0 amide bonds. The summed E-state index contributed by atoms with van der Waals surface area (Å²) in [5, 5.41) is -2.12. The molecule has 4 N–H and O–H groups in total. The van der Waals surface area contributed by atoms with Gasteiger partial charge in [-0.3, -0.25) is 4.57 Å². The highest BCUT2D eigenvalue weighted by Gasteiger charge is 2.63. The summed E-state index contributed by atoms with van der Waals surface area (Å²) in [6, 6.07) is 7.34. The van der Waals surface area contributed by atoms with Crippen LogP contribution in [0.1, 0.15) is 41.0 Å². The minimum absolute atomic E-state index is 0.0113. The van der Waals surface area contributed by atoms with E-state index in [1.807, 2.05) is 31.2 Å². The van der Waals surface area contributed by atoms with Crippen molar-refractivity contribution < 1.29 is 52.4 Å². The van der Waals surface area contributed by atoms with Gasteiger partial charge >= 0.3 is 19.9 Å². The molecular weight excluding hydrogens is 645 g/mol. The summed E-state index contributed by atoms with van der Waals surface area (Å²) in [5.74, 6) is 0.442. The lowest BCUT2D eigenvalue weighted by molar-refractivity contribution is -0.137. The second-order valence-electron chi connectivity index (χ2n) is 11.4. The number of benzene rings is 1. The minimum Gasteiger partial charge on any atom is -0.497 e. The highest BCUT2D eigenvalue weighted by molar-refractivity contribution is 7.99. The summed E-state index contributed by atoms with van der Waals surface area (Å²) in [4.78, 5) is 59.8. The molecule has 2 heterocycles. The minimum atomic E-state index is -5.34. The van der Waals surface area contributed by atoms with Crippen molar-refractivity contribution in [1.82, 2.24) is 19.5 Å². The summed E-state index contributed by atoms with van der Waals surface area (Å²) < 4.78 is 46.3. The third-order valence-electron chi connectivity index (χ3n) is 6.97. The van der Waals surface area contributed by atoms with Gasteiger partial charge < -0.3 is 48.5 Å². The van der Waals surface area contributed by atoms with E-state index in [1.54, 1.807) is 39.4 Å². The Morgan fingerprint density at radius 1 is 1.09 bits per heavy atom. The van der Waals surface area contributed by atoms with E-state index in [9.17, 15) is 23.9 Å². The second kappa shape index (κ2) is 14.0. The van der Waals surface area contributed by atoms with Gasteiger partial charge in [-0.25, -0.2) is 19.6 Å². The van der Waals surface area contributed by atoms with Crippen molar-refractivity contribution in [3.8, 4) is 5.75 Å². The van der Waals surface area contributed by atoms with Crippen LogP contribution in [0.5, 0.6) is 5.75 Å². The van der Waals surface area contributed by atoms with Gasteiger partial charge in [0.25, 0.3) is 0 Å². The average molecular weight is 684 g/mol. The fourth-order valence-electron chi connectivity index (χ4n) is 4.52. The Bertz CT molecular complexity index is 1570. The topological polar surface area (TPSA) is 217 Å². The van der Waals surface area contributed by atoms with Crippen LogP contribution in [0.25, 0.3) is 11.2 Å². The number of nitrogens with zero attached hydrogens (tertiary/aromatic N) is 4. The van der Waals surface area contributed by atoms with Crippen molar-refractivity contribution in [2.45, 2.75) is 80.7 Å². The van der Waals surface area contributed by atoms with Crippen LogP contribution in [0.15, 0.2) is 40.5 Å². The lowest BCUT2D eigenvalue weighted by Gasteiger charge is -2.37. The van der Waals surface area contributed by atoms with Crippen LogP contribution in [0.4, 0.5) is 15.5 Å². The van der Waals surface area contributed by atoms with Crippen LogP contribution < -0.4 is 10.5 Å². The number of carbonyl (C=O) groups excluding carboxylic acids is 2. The Labute approximate surface area is 269 Å². The monoisotopic (exact) mass is 683 g/mol. The Morgan fingerprint density at radius 3 is 2.13 bits per heavy atom. The zero-order chi connectivity index (χ0) is 33.9. The fraction of sp³-hybridized carbons (Fsp3) is 0.536. The van der Waals surface area contributed by atoms with E-state index in [0.717, 1.165) is 4.90 Å². The van der Waals surface area contributed by atoms with E-state index >= 15 is 0 Å². The Morgan fingerprint density at radius 2 is 1.65 bits per heavy atom. The molecule has 46 heavy (non-hydrogen) atoms. The maximum Gasteiger partial charge on any atom is 0.508 e. The molecule has 1 aromatic carbocycles. The summed E-state index contributed by atoms with van der Waals surface area (Å²) in [7, 11) is -3.76. The maximum atomic E-state index is 13.1. The number of carbonyl (C=O) groups is 2. The quantitative estimate of drug-likeness (QED) is 0.122. The van der Waals surface area contributed by atoms with Crippen molar-refractivity contribution in [3.05, 3.63) is 30.6 Å². The van der Waals surface area contributed by atoms with E-state index < -0.39 is 56.3 Å². The highest BCUT2D eigenvalue weighted by atomic mass is 32.2. The van der Waals surface area contributed by atoms with E-state index in [1.165, 1.54) is 18.1 Å². The largest absolute Gasteiger partial charge is 0.508 e. The zero-order valence-corrected chi connectivity index (χ0v) is 27.9. The standard InChI is InChI=1S/C28H38N5O11PS/c1-16(2)42-25(34)40-13-28(45(36,37)38,14-41-26(35)43-17(3)4)44-27(11-18(27)5)12-33-15-30-21-22(33)31-24(29)32-23(21)46-20-9-7-19(39-6)8-10-20/h7-10,15-18H,11-14H2,1-6H3,(H2,29,31,32)(H2,36,37,38). The van der Waals surface area contributed by atoms with E-state index in [-0.39, 0.29) is 18.4 Å². The first kappa shape index (κ1) is 35.2. The first-order valence-electron chi connectivity index (χ1n) is 14.3. The number of imidazole rings is 1. The van der Waals surface area contributed by atoms with Gasteiger partial charge in [0, 0.05) is 4.90 Å². The summed E-state index contributed by atoms with van der Waals surface area (Å²) >= 11 is 1.32. The number of aromatic nitrogens is 4. The molecule has 2 aromatic heterocycles. The van der Waals surface area contributed by atoms with Crippen molar-refractivity contribution in [2.24, 2.45) is 5.92 Å². The fourth-order valence-corrected chi connectivity index (χ4v) is 6.16. The van der Waals surface area contributed by atoms with Crippen LogP contribution in [0, 0.1) is 5.92 Å². The Hall–Kier alpha value is -3.63. The number of fused-ring (bicyclic) bond motifs is 1. The summed E-state index contributed by atoms with van der Waals surface area (Å²) in [6.45, 7) is 6.16. The zero-order valence-electron chi connectivity index (χ0n) is 26.2. The molecule has 1 aliphatic rings. The van der Waals surface area contributed by atoms with Gasteiger partial charge in [-0.1, -0.05) is 18.7 Å².